The summed E-state index contributed by atoms with van der Waals surface area (Å²) in [5.74, 6) is 0.861. The smallest absolute Gasteiger partial charge is 0.241 e. The predicted molar refractivity (Wildman–Crippen MR) is 131 cm³/mol. The summed E-state index contributed by atoms with van der Waals surface area (Å²) in [5.41, 5.74) is 3.81. The molecule has 0 spiro atoms. The van der Waals surface area contributed by atoms with Crippen molar-refractivity contribution in [3.8, 4) is 11.8 Å². The van der Waals surface area contributed by atoms with Gasteiger partial charge in [0.15, 0.2) is 0 Å². The van der Waals surface area contributed by atoms with Crippen LogP contribution in [0.2, 0.25) is 0 Å². The van der Waals surface area contributed by atoms with E-state index in [0.29, 0.717) is 18.7 Å². The molecule has 172 valence electrons. The Bertz CT molecular complexity index is 1170. The van der Waals surface area contributed by atoms with E-state index in [1.165, 1.54) is 5.56 Å². The van der Waals surface area contributed by atoms with Gasteiger partial charge in [-0.3, -0.25) is 19.5 Å². The fourth-order valence-corrected chi connectivity index (χ4v) is 4.73. The lowest BCUT2D eigenvalue weighted by Crippen LogP contribution is -2.51. The van der Waals surface area contributed by atoms with Crippen molar-refractivity contribution in [2.45, 2.75) is 12.6 Å². The quantitative estimate of drug-likeness (QED) is 0.589. The van der Waals surface area contributed by atoms with E-state index in [1.54, 1.807) is 0 Å². The summed E-state index contributed by atoms with van der Waals surface area (Å²) in [6, 6.07) is 27.7. The molecule has 5 rings (SSSR count). The molecule has 6 nitrogen and oxygen atoms in total. The monoisotopic (exact) mass is 452 g/mol. The predicted octanol–water partition coefficient (Wildman–Crippen LogP) is 3.84. The Kier molecular flexibility index (Phi) is 6.57. The molecule has 2 aliphatic rings. The van der Waals surface area contributed by atoms with Gasteiger partial charge in [-0.2, -0.15) is 5.26 Å². The van der Waals surface area contributed by atoms with Gasteiger partial charge in [-0.05, 0) is 35.4 Å². The Morgan fingerprint density at radius 1 is 0.882 bits per heavy atom. The first-order chi connectivity index (χ1) is 16.7. The molecule has 1 amide bonds. The highest BCUT2D eigenvalue weighted by Gasteiger charge is 2.34. The maximum absolute atomic E-state index is 13.6. The highest BCUT2D eigenvalue weighted by molar-refractivity contribution is 5.97. The first kappa shape index (κ1) is 22.1. The third kappa shape index (κ3) is 4.81. The topological polar surface area (TPSA) is 59.8 Å². The van der Waals surface area contributed by atoms with Gasteiger partial charge in [0, 0.05) is 32.7 Å². The van der Waals surface area contributed by atoms with Crippen molar-refractivity contribution in [1.29, 1.82) is 5.26 Å². The number of nitriles is 1. The number of hydrogen-bond acceptors (Lipinski definition) is 5. The second-order valence-corrected chi connectivity index (χ2v) is 8.83. The molecule has 2 aliphatic heterocycles. The van der Waals surface area contributed by atoms with Gasteiger partial charge in [0.2, 0.25) is 5.91 Å². The first-order valence-corrected chi connectivity index (χ1v) is 11.7. The second-order valence-electron chi connectivity index (χ2n) is 8.83. The summed E-state index contributed by atoms with van der Waals surface area (Å²) in [6.07, 6.45) is 0. The van der Waals surface area contributed by atoms with Crippen molar-refractivity contribution in [3.63, 3.8) is 0 Å². The third-order valence-electron chi connectivity index (χ3n) is 6.60. The molecule has 3 aromatic carbocycles. The van der Waals surface area contributed by atoms with E-state index in [9.17, 15) is 4.79 Å². The summed E-state index contributed by atoms with van der Waals surface area (Å²) in [7, 11) is 0. The molecular weight excluding hydrogens is 424 g/mol. The number of rotatable bonds is 5. The fraction of sp³-hybridized carbons (Fsp3) is 0.286. The van der Waals surface area contributed by atoms with Crippen LogP contribution in [-0.2, 0) is 11.3 Å². The minimum atomic E-state index is -0.138. The largest absolute Gasteiger partial charge is 0.489 e. The molecular formula is C28H28N4O2. The number of para-hydroxylation sites is 2. The van der Waals surface area contributed by atoms with Crippen LogP contribution in [0.3, 0.4) is 0 Å². The zero-order valence-electron chi connectivity index (χ0n) is 19.1. The number of piperazine rings is 1. The maximum Gasteiger partial charge on any atom is 0.241 e. The molecule has 0 radical (unpaired) electrons. The lowest BCUT2D eigenvalue weighted by molar-refractivity contribution is -0.121. The Morgan fingerprint density at radius 3 is 2.29 bits per heavy atom. The van der Waals surface area contributed by atoms with Gasteiger partial charge in [-0.15, -0.1) is 0 Å². The number of amides is 1. The number of carbonyl (C=O) groups is 1. The average molecular weight is 453 g/mol. The van der Waals surface area contributed by atoms with E-state index in [4.69, 9.17) is 10.00 Å². The maximum atomic E-state index is 13.6. The molecule has 6 heteroatoms. The number of benzene rings is 3. The molecule has 0 saturated carbocycles. The summed E-state index contributed by atoms with van der Waals surface area (Å²) < 4.78 is 6.01. The number of anilines is 1. The molecule has 1 atom stereocenters. The van der Waals surface area contributed by atoms with Crippen LogP contribution >= 0.6 is 0 Å². The molecule has 1 saturated heterocycles. The fourth-order valence-electron chi connectivity index (χ4n) is 4.73. The van der Waals surface area contributed by atoms with Crippen molar-refractivity contribution in [2.24, 2.45) is 0 Å². The van der Waals surface area contributed by atoms with Crippen LogP contribution in [0, 0.1) is 11.3 Å². The van der Waals surface area contributed by atoms with Crippen LogP contribution in [0.15, 0.2) is 78.9 Å². The first-order valence-electron chi connectivity index (χ1n) is 11.7. The number of nitrogens with zero attached hydrogens (tertiary/aromatic N) is 4. The van der Waals surface area contributed by atoms with E-state index in [-0.39, 0.29) is 11.9 Å². The Hall–Kier alpha value is -3.66. The normalized spacial score (nSPS) is 18.6. The van der Waals surface area contributed by atoms with Crippen molar-refractivity contribution in [1.82, 2.24) is 9.80 Å². The van der Waals surface area contributed by atoms with Crippen LogP contribution in [0.5, 0.6) is 5.75 Å². The van der Waals surface area contributed by atoms with Crippen LogP contribution in [0.4, 0.5) is 5.69 Å². The van der Waals surface area contributed by atoms with Crippen molar-refractivity contribution in [2.75, 3.05) is 44.2 Å². The van der Waals surface area contributed by atoms with Crippen molar-refractivity contribution in [3.05, 3.63) is 95.6 Å². The van der Waals surface area contributed by atoms with Gasteiger partial charge >= 0.3 is 0 Å². The van der Waals surface area contributed by atoms with E-state index in [0.717, 1.165) is 49.7 Å². The van der Waals surface area contributed by atoms with E-state index >= 15 is 0 Å². The molecule has 0 N–H and O–H groups in total. The summed E-state index contributed by atoms with van der Waals surface area (Å²) in [4.78, 5) is 20.2. The van der Waals surface area contributed by atoms with E-state index in [2.05, 4.69) is 28.0 Å². The zero-order valence-corrected chi connectivity index (χ0v) is 19.1. The zero-order chi connectivity index (χ0) is 23.3. The molecule has 34 heavy (non-hydrogen) atoms. The number of hydrogen-bond donors (Lipinski definition) is 0. The molecule has 0 aliphatic carbocycles. The van der Waals surface area contributed by atoms with Crippen LogP contribution < -0.4 is 9.64 Å². The van der Waals surface area contributed by atoms with Gasteiger partial charge in [-0.25, -0.2) is 0 Å². The van der Waals surface area contributed by atoms with Crippen LogP contribution in [0.1, 0.15) is 22.7 Å². The minimum absolute atomic E-state index is 0.102. The van der Waals surface area contributed by atoms with E-state index < -0.39 is 0 Å². The standard InChI is InChI=1S/C28H28N4O2/c29-18-22-10-12-23(13-11-22)19-30-14-16-31(17-15-30)20-28(33)32-25-8-4-5-9-27(25)34-21-26(32)24-6-2-1-3-7-24/h1-13,26H,14-17,19-21H2. The summed E-state index contributed by atoms with van der Waals surface area (Å²) in [6.45, 7) is 5.23. The highest BCUT2D eigenvalue weighted by atomic mass is 16.5. The lowest BCUT2D eigenvalue weighted by atomic mass is 10.0. The van der Waals surface area contributed by atoms with Crippen LogP contribution in [-0.4, -0.2) is 55.0 Å². The van der Waals surface area contributed by atoms with Gasteiger partial charge in [0.1, 0.15) is 12.4 Å². The lowest BCUT2D eigenvalue weighted by Gasteiger charge is -2.39. The second kappa shape index (κ2) is 10.1. The van der Waals surface area contributed by atoms with Crippen molar-refractivity contribution >= 4 is 11.6 Å². The van der Waals surface area contributed by atoms with Gasteiger partial charge in [0.25, 0.3) is 0 Å². The molecule has 1 unspecified atom stereocenters. The van der Waals surface area contributed by atoms with Gasteiger partial charge < -0.3 is 4.74 Å². The molecule has 1 fully saturated rings. The summed E-state index contributed by atoms with van der Waals surface area (Å²) in [5, 5.41) is 8.98. The van der Waals surface area contributed by atoms with Crippen molar-refractivity contribution < 1.29 is 9.53 Å². The minimum Gasteiger partial charge on any atom is -0.489 e. The SMILES string of the molecule is N#Cc1ccc(CN2CCN(CC(=O)N3c4ccccc4OCC3c3ccccc3)CC2)cc1. The Morgan fingerprint density at radius 2 is 1.56 bits per heavy atom. The summed E-state index contributed by atoms with van der Waals surface area (Å²) >= 11 is 0. The molecule has 0 bridgehead atoms. The molecule has 2 heterocycles. The highest BCUT2D eigenvalue weighted by Crippen LogP contribution is 2.39. The van der Waals surface area contributed by atoms with Gasteiger partial charge in [-0.1, -0.05) is 54.6 Å². The van der Waals surface area contributed by atoms with Crippen LogP contribution in [0.25, 0.3) is 0 Å². The average Bonchev–Trinajstić information content (AvgIpc) is 2.90. The molecule has 0 aromatic heterocycles. The van der Waals surface area contributed by atoms with E-state index in [1.807, 2.05) is 71.6 Å². The Balaban J connectivity index is 1.24. The Labute approximate surface area is 200 Å². The number of ether oxygens (including phenoxy) is 1. The van der Waals surface area contributed by atoms with Gasteiger partial charge in [0.05, 0.1) is 29.9 Å². The number of carbonyl (C=O) groups excluding carboxylic acids is 1. The molecule has 3 aromatic rings. The third-order valence-corrected chi connectivity index (χ3v) is 6.60. The number of fused-ring (bicyclic) bond motifs is 1.